The first-order valence-corrected chi connectivity index (χ1v) is 13.1. The molecule has 2 aromatic carbocycles. The molecule has 2 unspecified atom stereocenters. The van der Waals surface area contributed by atoms with Crippen LogP contribution in [0.2, 0.25) is 0 Å². The fourth-order valence-corrected chi connectivity index (χ4v) is 8.14. The van der Waals surface area contributed by atoms with Crippen LogP contribution in [0.4, 0.5) is 0 Å². The summed E-state index contributed by atoms with van der Waals surface area (Å²) in [6.07, 6.45) is 4.81. The zero-order valence-electron chi connectivity index (χ0n) is 19.5. The van der Waals surface area contributed by atoms with E-state index in [-0.39, 0.29) is 5.91 Å². The monoisotopic (exact) mass is 475 g/mol. The molecule has 4 fully saturated rings. The Hall–Kier alpha value is -2.64. The zero-order valence-corrected chi connectivity index (χ0v) is 20.4. The number of piperidine rings is 3. The summed E-state index contributed by atoms with van der Waals surface area (Å²) in [5.41, 5.74) is 2.84. The minimum Gasteiger partial charge on any atom is -0.492 e. The van der Waals surface area contributed by atoms with Crippen molar-refractivity contribution in [2.75, 3.05) is 13.2 Å². The lowest BCUT2D eigenvalue weighted by atomic mass is 9.89. The first-order valence-electron chi connectivity index (χ1n) is 12.3. The largest absolute Gasteiger partial charge is 0.492 e. The summed E-state index contributed by atoms with van der Waals surface area (Å²) in [7, 11) is 0. The van der Waals surface area contributed by atoms with E-state index in [1.807, 2.05) is 30.3 Å². The van der Waals surface area contributed by atoms with Crippen LogP contribution in [0.5, 0.6) is 16.7 Å². The molecule has 3 heterocycles. The quantitative estimate of drug-likeness (QED) is 0.526. The van der Waals surface area contributed by atoms with E-state index in [4.69, 9.17) is 9.47 Å². The van der Waals surface area contributed by atoms with Gasteiger partial charge in [-0.3, -0.25) is 9.69 Å². The maximum Gasteiger partial charge on any atom is 0.279 e. The summed E-state index contributed by atoms with van der Waals surface area (Å²) in [5.74, 6) is 3.42. The van der Waals surface area contributed by atoms with Gasteiger partial charge < -0.3 is 14.8 Å². The molecule has 1 amide bonds. The highest BCUT2D eigenvalue weighted by Crippen LogP contribution is 2.79. The number of amides is 1. The maximum atomic E-state index is 11.6. The first kappa shape index (κ1) is 20.7. The van der Waals surface area contributed by atoms with E-state index < -0.39 is 0 Å². The van der Waals surface area contributed by atoms with E-state index in [1.165, 1.54) is 18.4 Å². The number of nitrogens with zero attached hydrogens (tertiary/aromatic N) is 2. The van der Waals surface area contributed by atoms with Crippen LogP contribution in [0.1, 0.15) is 38.2 Å². The molecule has 1 aromatic heterocycles. The number of aryl methyl sites for hydroxylation is 1. The number of carbonyl (C=O) groups is 1. The number of thiazole rings is 1. The second kappa shape index (κ2) is 7.18. The Morgan fingerprint density at radius 3 is 2.50 bits per heavy atom. The van der Waals surface area contributed by atoms with Crippen molar-refractivity contribution in [3.8, 4) is 16.7 Å². The van der Waals surface area contributed by atoms with Crippen LogP contribution in [-0.4, -0.2) is 46.1 Å². The summed E-state index contributed by atoms with van der Waals surface area (Å²) in [6.45, 7) is 5.37. The molecule has 34 heavy (non-hydrogen) atoms. The molecule has 2 aliphatic heterocycles. The van der Waals surface area contributed by atoms with Gasteiger partial charge in [0.2, 0.25) is 5.91 Å². The topological polar surface area (TPSA) is 63.7 Å². The Balaban J connectivity index is 0.965. The van der Waals surface area contributed by atoms with Crippen molar-refractivity contribution < 1.29 is 14.3 Å². The summed E-state index contributed by atoms with van der Waals surface area (Å²) in [5, 5.41) is 3.87. The molecule has 2 saturated heterocycles. The molecule has 0 radical (unpaired) electrons. The van der Waals surface area contributed by atoms with Gasteiger partial charge in [-0.15, -0.1) is 0 Å². The van der Waals surface area contributed by atoms with Gasteiger partial charge in [0, 0.05) is 30.6 Å². The van der Waals surface area contributed by atoms with Crippen molar-refractivity contribution >= 4 is 27.5 Å². The minimum absolute atomic E-state index is 0.106. The molecular weight excluding hydrogens is 446 g/mol. The minimum atomic E-state index is 0.106. The third kappa shape index (κ3) is 3.17. The zero-order chi connectivity index (χ0) is 23.1. The summed E-state index contributed by atoms with van der Waals surface area (Å²) >= 11 is 1.56. The second-order valence-electron chi connectivity index (χ2n) is 10.7. The fraction of sp³-hybridized carbons (Fsp3) is 0.481. The lowest BCUT2D eigenvalue weighted by Gasteiger charge is -2.45. The van der Waals surface area contributed by atoms with Gasteiger partial charge in [-0.1, -0.05) is 17.4 Å². The van der Waals surface area contributed by atoms with Crippen LogP contribution in [0.15, 0.2) is 42.5 Å². The Kier molecular flexibility index (Phi) is 4.38. The van der Waals surface area contributed by atoms with Crippen LogP contribution in [0, 0.1) is 18.8 Å². The van der Waals surface area contributed by atoms with Crippen molar-refractivity contribution in [2.45, 2.75) is 56.7 Å². The highest BCUT2D eigenvalue weighted by molar-refractivity contribution is 7.20. The highest BCUT2D eigenvalue weighted by atomic mass is 32.1. The van der Waals surface area contributed by atoms with Crippen LogP contribution in [0.3, 0.4) is 0 Å². The molecule has 2 bridgehead atoms. The molecule has 6 nitrogen and oxygen atoms in total. The number of fused-ring (bicyclic) bond motifs is 2. The van der Waals surface area contributed by atoms with Gasteiger partial charge in [0.1, 0.15) is 18.1 Å². The summed E-state index contributed by atoms with van der Waals surface area (Å²) in [6, 6.07) is 14.4. The van der Waals surface area contributed by atoms with Gasteiger partial charge in [0.05, 0.1) is 10.2 Å². The van der Waals surface area contributed by atoms with Crippen LogP contribution >= 0.6 is 11.3 Å². The van der Waals surface area contributed by atoms with Crippen molar-refractivity contribution in [1.82, 2.24) is 15.2 Å². The molecule has 7 rings (SSSR count). The van der Waals surface area contributed by atoms with Crippen molar-refractivity contribution in [1.29, 1.82) is 0 Å². The molecule has 7 heteroatoms. The van der Waals surface area contributed by atoms with Crippen LogP contribution in [-0.2, 0) is 4.79 Å². The Morgan fingerprint density at radius 2 is 1.79 bits per heavy atom. The fourth-order valence-electron chi connectivity index (χ4n) is 7.21. The predicted octanol–water partition coefficient (Wildman–Crippen LogP) is 4.91. The molecule has 5 atom stereocenters. The van der Waals surface area contributed by atoms with Crippen molar-refractivity contribution in [2.24, 2.45) is 11.8 Å². The Morgan fingerprint density at radius 1 is 1.09 bits per heavy atom. The number of carbonyl (C=O) groups excluding carboxylic acids is 1. The number of ether oxygens (including phenoxy) is 2. The third-order valence-corrected chi connectivity index (χ3v) is 9.41. The average Bonchev–Trinajstić information content (AvgIpc) is 3.61. The predicted molar refractivity (Wildman–Crippen MR) is 132 cm³/mol. The van der Waals surface area contributed by atoms with E-state index in [9.17, 15) is 4.79 Å². The Labute approximate surface area is 203 Å². The number of hydrogen-bond donors (Lipinski definition) is 1. The van der Waals surface area contributed by atoms with E-state index in [0.29, 0.717) is 28.9 Å². The lowest BCUT2D eigenvalue weighted by Crippen LogP contribution is -2.57. The molecule has 176 valence electrons. The highest BCUT2D eigenvalue weighted by Gasteiger charge is 2.84. The number of benzene rings is 2. The van der Waals surface area contributed by atoms with Gasteiger partial charge in [0.15, 0.2) is 0 Å². The number of rotatable bonds is 7. The molecule has 2 spiro atoms. The second-order valence-corrected chi connectivity index (χ2v) is 11.7. The first-order chi connectivity index (χ1) is 16.4. The van der Waals surface area contributed by atoms with Gasteiger partial charge in [-0.05, 0) is 86.4 Å². The molecule has 3 aromatic rings. The third-order valence-electron chi connectivity index (χ3n) is 8.51. The van der Waals surface area contributed by atoms with E-state index in [2.05, 4.69) is 34.3 Å². The van der Waals surface area contributed by atoms with Crippen molar-refractivity contribution in [3.05, 3.63) is 48.0 Å². The van der Waals surface area contributed by atoms with Gasteiger partial charge in [-0.2, -0.15) is 0 Å². The van der Waals surface area contributed by atoms with Crippen LogP contribution in [0.25, 0.3) is 10.2 Å². The van der Waals surface area contributed by atoms with Gasteiger partial charge in [-0.25, -0.2) is 4.98 Å². The van der Waals surface area contributed by atoms with Crippen LogP contribution < -0.4 is 14.8 Å². The lowest BCUT2D eigenvalue weighted by molar-refractivity contribution is -0.120. The number of aromatic nitrogens is 1. The average molecular weight is 476 g/mol. The van der Waals surface area contributed by atoms with E-state index in [1.54, 1.807) is 18.3 Å². The van der Waals surface area contributed by atoms with E-state index >= 15 is 0 Å². The SMILES string of the molecule is CC(=O)NC1CC23C[C@@H]2[C@@H]2C[C@]2(C1)N3CCOc1ccc(Oc2nc3ccc(C)cc3s2)cc1. The smallest absolute Gasteiger partial charge is 0.279 e. The van der Waals surface area contributed by atoms with Gasteiger partial charge >= 0.3 is 0 Å². The number of nitrogens with one attached hydrogen (secondary N) is 1. The van der Waals surface area contributed by atoms with Crippen molar-refractivity contribution in [3.63, 3.8) is 0 Å². The summed E-state index contributed by atoms with van der Waals surface area (Å²) < 4.78 is 13.3. The van der Waals surface area contributed by atoms with Gasteiger partial charge in [0.25, 0.3) is 5.19 Å². The normalized spacial score (nSPS) is 32.7. The maximum absolute atomic E-state index is 11.6. The summed E-state index contributed by atoms with van der Waals surface area (Å²) in [4.78, 5) is 19.0. The standard InChI is InChI=1S/C27H29N3O3S/c1-16-3-8-23-24(11-16)34-25(29-23)33-20-6-4-19(5-7-20)32-10-9-30-26-12-18(28-17(2)31)13-27(30)15-22(27)21(26)14-26/h3-8,11,18,21-22H,9-10,12-15H2,1-2H3,(H,28,31)/t18?,21-,22+,26-,27?/m0/s1. The Bertz CT molecular complexity index is 1260. The molecule has 4 aliphatic rings. The van der Waals surface area contributed by atoms with E-state index in [0.717, 1.165) is 52.9 Å². The molecule has 2 aliphatic carbocycles. The number of hydrogen-bond acceptors (Lipinski definition) is 6. The molecular formula is C27H29N3O3S. The molecule has 1 N–H and O–H groups in total. The molecule has 2 saturated carbocycles.